The van der Waals surface area contributed by atoms with Crippen LogP contribution in [0.4, 0.5) is 11.6 Å². The van der Waals surface area contributed by atoms with Crippen molar-refractivity contribution in [2.75, 3.05) is 11.1 Å². The van der Waals surface area contributed by atoms with E-state index in [0.29, 0.717) is 17.8 Å². The number of rotatable bonds is 4. The Balaban J connectivity index is 3.05. The molecule has 4 heteroatoms. The predicted octanol–water partition coefficient (Wildman–Crippen LogP) is 2.95. The van der Waals surface area contributed by atoms with Crippen LogP contribution < -0.4 is 11.1 Å². The second-order valence-corrected chi connectivity index (χ2v) is 5.27. The number of hydrogen-bond acceptors (Lipinski definition) is 4. The molecule has 1 heterocycles. The third-order valence-corrected chi connectivity index (χ3v) is 3.08. The van der Waals surface area contributed by atoms with Crippen LogP contribution in [0, 0.1) is 12.8 Å². The summed E-state index contributed by atoms with van der Waals surface area (Å²) < 4.78 is 0. The normalized spacial score (nSPS) is 13.2. The molecule has 0 radical (unpaired) electrons. The molecule has 1 atom stereocenters. The molecule has 0 fully saturated rings. The van der Waals surface area contributed by atoms with Gasteiger partial charge in [0.1, 0.15) is 17.5 Å². The van der Waals surface area contributed by atoms with E-state index in [2.05, 4.69) is 49.9 Å². The smallest absolute Gasteiger partial charge is 0.135 e. The molecule has 1 rings (SSSR count). The minimum Gasteiger partial charge on any atom is -0.383 e. The third kappa shape index (κ3) is 3.32. The number of nitrogens with one attached hydrogen (secondary N) is 1. The second kappa shape index (κ2) is 5.34. The van der Waals surface area contributed by atoms with Gasteiger partial charge in [0.05, 0.1) is 0 Å². The Morgan fingerprint density at radius 1 is 1.06 bits per heavy atom. The van der Waals surface area contributed by atoms with Crippen LogP contribution in [0.25, 0.3) is 0 Å². The van der Waals surface area contributed by atoms with Crippen molar-refractivity contribution in [1.82, 2.24) is 9.97 Å². The van der Waals surface area contributed by atoms with E-state index in [1.165, 1.54) is 0 Å². The Kier molecular flexibility index (Phi) is 4.32. The molecule has 0 aliphatic heterocycles. The van der Waals surface area contributed by atoms with Crippen molar-refractivity contribution >= 4 is 11.6 Å². The summed E-state index contributed by atoms with van der Waals surface area (Å²) in [6.45, 7) is 12.6. The highest BCUT2D eigenvalue weighted by Gasteiger charge is 2.14. The lowest BCUT2D eigenvalue weighted by Crippen LogP contribution is -2.23. The first-order valence-electron chi connectivity index (χ1n) is 6.23. The molecule has 0 aliphatic carbocycles. The quantitative estimate of drug-likeness (QED) is 0.843. The maximum absolute atomic E-state index is 5.92. The number of nitrogens with two attached hydrogens (primary N) is 1. The molecule has 0 aromatic carbocycles. The Hall–Kier alpha value is -1.32. The van der Waals surface area contributed by atoms with Gasteiger partial charge >= 0.3 is 0 Å². The lowest BCUT2D eigenvalue weighted by Gasteiger charge is -2.20. The standard InChI is InChI=1S/C13H24N4/c1-7(2)10(6)15-13-9(5)11(14)16-12(17-13)8(3)4/h7-8,10H,1-6H3,(H3,14,15,16,17). The Labute approximate surface area is 104 Å². The molecule has 1 aromatic rings. The van der Waals surface area contributed by atoms with E-state index in [-0.39, 0.29) is 5.92 Å². The molecule has 0 bridgehead atoms. The molecule has 4 nitrogen and oxygen atoms in total. The van der Waals surface area contributed by atoms with Gasteiger partial charge in [0.25, 0.3) is 0 Å². The van der Waals surface area contributed by atoms with Crippen molar-refractivity contribution in [2.24, 2.45) is 5.92 Å². The fourth-order valence-corrected chi connectivity index (χ4v) is 1.33. The van der Waals surface area contributed by atoms with E-state index in [9.17, 15) is 0 Å². The Bertz CT molecular complexity index is 385. The van der Waals surface area contributed by atoms with Crippen LogP contribution in [0.1, 0.15) is 51.9 Å². The van der Waals surface area contributed by atoms with Crippen LogP contribution in [0.15, 0.2) is 0 Å². The number of anilines is 2. The SMILES string of the molecule is Cc1c(N)nc(C(C)C)nc1NC(C)C(C)C. The molecule has 0 saturated heterocycles. The molecule has 3 N–H and O–H groups in total. The minimum absolute atomic E-state index is 0.285. The van der Waals surface area contributed by atoms with Crippen molar-refractivity contribution < 1.29 is 0 Å². The fourth-order valence-electron chi connectivity index (χ4n) is 1.33. The summed E-state index contributed by atoms with van der Waals surface area (Å²) in [5.41, 5.74) is 6.85. The molecule has 0 aliphatic rings. The average Bonchev–Trinajstić information content (AvgIpc) is 2.23. The molecular formula is C13H24N4. The van der Waals surface area contributed by atoms with Crippen LogP contribution >= 0.6 is 0 Å². The largest absolute Gasteiger partial charge is 0.383 e. The number of nitrogen functional groups attached to an aromatic ring is 1. The molecule has 0 amide bonds. The first-order chi connectivity index (χ1) is 7.82. The number of nitrogens with zero attached hydrogens (tertiary/aromatic N) is 2. The molecule has 0 spiro atoms. The lowest BCUT2D eigenvalue weighted by molar-refractivity contribution is 0.557. The topological polar surface area (TPSA) is 63.8 Å². The van der Waals surface area contributed by atoms with Gasteiger partial charge in [-0.2, -0.15) is 0 Å². The predicted molar refractivity (Wildman–Crippen MR) is 73.2 cm³/mol. The maximum atomic E-state index is 5.92. The van der Waals surface area contributed by atoms with Gasteiger partial charge in [-0.15, -0.1) is 0 Å². The summed E-state index contributed by atoms with van der Waals surface area (Å²) in [7, 11) is 0. The summed E-state index contributed by atoms with van der Waals surface area (Å²) in [5.74, 6) is 3.07. The monoisotopic (exact) mass is 236 g/mol. The average molecular weight is 236 g/mol. The van der Waals surface area contributed by atoms with Gasteiger partial charge in [0, 0.05) is 17.5 Å². The highest BCUT2D eigenvalue weighted by atomic mass is 15.1. The maximum Gasteiger partial charge on any atom is 0.135 e. The molecular weight excluding hydrogens is 212 g/mol. The van der Waals surface area contributed by atoms with Gasteiger partial charge in [-0.3, -0.25) is 0 Å². The zero-order valence-electron chi connectivity index (χ0n) is 11.7. The van der Waals surface area contributed by atoms with Crippen molar-refractivity contribution in [1.29, 1.82) is 0 Å². The van der Waals surface area contributed by atoms with Gasteiger partial charge in [-0.1, -0.05) is 27.7 Å². The Morgan fingerprint density at radius 3 is 2.12 bits per heavy atom. The van der Waals surface area contributed by atoms with Crippen LogP contribution in [0.5, 0.6) is 0 Å². The van der Waals surface area contributed by atoms with Crippen LogP contribution in [0.3, 0.4) is 0 Å². The first-order valence-corrected chi connectivity index (χ1v) is 6.23. The van der Waals surface area contributed by atoms with E-state index >= 15 is 0 Å². The number of aromatic nitrogens is 2. The molecule has 0 saturated carbocycles. The van der Waals surface area contributed by atoms with Gasteiger partial charge < -0.3 is 11.1 Å². The van der Waals surface area contributed by atoms with Crippen molar-refractivity contribution in [2.45, 2.75) is 53.5 Å². The lowest BCUT2D eigenvalue weighted by atomic mass is 10.1. The van der Waals surface area contributed by atoms with E-state index in [1.54, 1.807) is 0 Å². The van der Waals surface area contributed by atoms with Gasteiger partial charge in [-0.05, 0) is 19.8 Å². The first kappa shape index (κ1) is 13.7. The fraction of sp³-hybridized carbons (Fsp3) is 0.692. The zero-order chi connectivity index (χ0) is 13.2. The van der Waals surface area contributed by atoms with Crippen molar-refractivity contribution in [3.8, 4) is 0 Å². The zero-order valence-corrected chi connectivity index (χ0v) is 11.7. The Morgan fingerprint density at radius 2 is 1.65 bits per heavy atom. The summed E-state index contributed by atoms with van der Waals surface area (Å²) in [5, 5.41) is 3.41. The van der Waals surface area contributed by atoms with E-state index < -0.39 is 0 Å². The third-order valence-electron chi connectivity index (χ3n) is 3.08. The van der Waals surface area contributed by atoms with Gasteiger partial charge in [-0.25, -0.2) is 9.97 Å². The van der Waals surface area contributed by atoms with E-state index in [4.69, 9.17) is 5.73 Å². The van der Waals surface area contributed by atoms with Crippen LogP contribution in [-0.4, -0.2) is 16.0 Å². The van der Waals surface area contributed by atoms with Crippen LogP contribution in [0.2, 0.25) is 0 Å². The molecule has 1 unspecified atom stereocenters. The molecule has 1 aromatic heterocycles. The van der Waals surface area contributed by atoms with E-state index in [1.807, 2.05) is 6.92 Å². The van der Waals surface area contributed by atoms with Crippen molar-refractivity contribution in [3.05, 3.63) is 11.4 Å². The van der Waals surface area contributed by atoms with E-state index in [0.717, 1.165) is 17.2 Å². The van der Waals surface area contributed by atoms with Crippen molar-refractivity contribution in [3.63, 3.8) is 0 Å². The second-order valence-electron chi connectivity index (χ2n) is 5.27. The molecule has 96 valence electrons. The van der Waals surface area contributed by atoms with Crippen LogP contribution in [-0.2, 0) is 0 Å². The van der Waals surface area contributed by atoms with Gasteiger partial charge in [0.2, 0.25) is 0 Å². The number of hydrogen-bond donors (Lipinski definition) is 2. The highest BCUT2D eigenvalue weighted by molar-refractivity contribution is 5.55. The molecule has 17 heavy (non-hydrogen) atoms. The summed E-state index contributed by atoms with van der Waals surface area (Å²) in [4.78, 5) is 8.86. The van der Waals surface area contributed by atoms with Gasteiger partial charge in [0.15, 0.2) is 0 Å². The summed E-state index contributed by atoms with van der Waals surface area (Å²) >= 11 is 0. The minimum atomic E-state index is 0.285. The summed E-state index contributed by atoms with van der Waals surface area (Å²) in [6.07, 6.45) is 0. The highest BCUT2D eigenvalue weighted by Crippen LogP contribution is 2.22. The summed E-state index contributed by atoms with van der Waals surface area (Å²) in [6, 6.07) is 0.364.